The summed E-state index contributed by atoms with van der Waals surface area (Å²) in [6.07, 6.45) is 1.95. The Labute approximate surface area is 237 Å². The Kier molecular flexibility index (Phi) is 4.39. The van der Waals surface area contributed by atoms with Gasteiger partial charge in [0.25, 0.3) is 0 Å². The first-order valence-electron chi connectivity index (χ1n) is 14.2. The van der Waals surface area contributed by atoms with Crippen LogP contribution in [0.2, 0.25) is 0 Å². The third-order valence-electron chi connectivity index (χ3n) is 9.17. The first kappa shape index (κ1) is 22.6. The number of nitrogens with zero attached hydrogens (tertiary/aromatic N) is 3. The fourth-order valence-corrected chi connectivity index (χ4v) is 7.15. The Bertz CT molecular complexity index is 2330. The Morgan fingerprint density at radius 2 is 1.27 bits per heavy atom. The molecule has 6 aromatic carbocycles. The molecule has 0 N–H and O–H groups in total. The molecule has 2 aromatic heterocycles. The zero-order valence-electron chi connectivity index (χ0n) is 23.0. The smallest absolute Gasteiger partial charge is 0.113 e. The van der Waals surface area contributed by atoms with E-state index in [2.05, 4.69) is 138 Å². The number of rotatable bonds is 2. The molecule has 8 aromatic rings. The molecule has 0 fully saturated rings. The summed E-state index contributed by atoms with van der Waals surface area (Å²) in [5.41, 5.74) is 12.1. The van der Waals surface area contributed by atoms with E-state index in [0.717, 1.165) is 22.4 Å². The van der Waals surface area contributed by atoms with Gasteiger partial charge >= 0.3 is 0 Å². The predicted octanol–water partition coefficient (Wildman–Crippen LogP) is 9.58. The second-order valence-corrected chi connectivity index (χ2v) is 11.7. The van der Waals surface area contributed by atoms with Gasteiger partial charge in [-0.15, -0.1) is 0 Å². The number of hydrogen-bond acceptors (Lipinski definition) is 1. The highest BCUT2D eigenvalue weighted by Gasteiger charge is 2.36. The van der Waals surface area contributed by atoms with E-state index in [9.17, 15) is 0 Å². The highest BCUT2D eigenvalue weighted by molar-refractivity contribution is 6.15. The lowest BCUT2D eigenvalue weighted by atomic mass is 9.82. The van der Waals surface area contributed by atoms with Crippen LogP contribution in [0, 0.1) is 0 Å². The highest BCUT2D eigenvalue weighted by atomic mass is 15.1. The summed E-state index contributed by atoms with van der Waals surface area (Å²) in [6.45, 7) is 4.71. The van der Waals surface area contributed by atoms with Crippen molar-refractivity contribution in [3.05, 3.63) is 139 Å². The average molecular weight is 526 g/mol. The van der Waals surface area contributed by atoms with Gasteiger partial charge in [-0.2, -0.15) is 0 Å². The molecule has 0 bridgehead atoms. The summed E-state index contributed by atoms with van der Waals surface area (Å²) in [6, 6.07) is 44.2. The van der Waals surface area contributed by atoms with Gasteiger partial charge in [0.05, 0.1) is 22.2 Å². The Morgan fingerprint density at radius 3 is 2.12 bits per heavy atom. The van der Waals surface area contributed by atoms with Crippen LogP contribution in [-0.2, 0) is 5.41 Å². The van der Waals surface area contributed by atoms with Crippen molar-refractivity contribution in [2.24, 2.45) is 0 Å². The monoisotopic (exact) mass is 525 g/mol. The van der Waals surface area contributed by atoms with Crippen LogP contribution < -0.4 is 0 Å². The van der Waals surface area contributed by atoms with E-state index < -0.39 is 0 Å². The van der Waals surface area contributed by atoms with Crippen LogP contribution in [-0.4, -0.2) is 14.1 Å². The van der Waals surface area contributed by atoms with Gasteiger partial charge in [0.15, 0.2) is 0 Å². The van der Waals surface area contributed by atoms with Crippen molar-refractivity contribution in [1.29, 1.82) is 0 Å². The minimum atomic E-state index is -0.0557. The number of aromatic nitrogens is 3. The molecule has 1 aliphatic carbocycles. The van der Waals surface area contributed by atoms with Gasteiger partial charge in [0, 0.05) is 21.9 Å². The summed E-state index contributed by atoms with van der Waals surface area (Å²) < 4.78 is 4.62. The zero-order chi connectivity index (χ0) is 27.3. The van der Waals surface area contributed by atoms with Crippen molar-refractivity contribution < 1.29 is 0 Å². The average Bonchev–Trinajstić information content (AvgIpc) is 3.65. The predicted molar refractivity (Wildman–Crippen MR) is 170 cm³/mol. The van der Waals surface area contributed by atoms with Crippen LogP contribution in [0.1, 0.15) is 25.0 Å². The molecule has 0 amide bonds. The summed E-state index contributed by atoms with van der Waals surface area (Å²) >= 11 is 0. The van der Waals surface area contributed by atoms with E-state index in [1.807, 2.05) is 12.4 Å². The number of para-hydroxylation sites is 2. The lowest BCUT2D eigenvalue weighted by Crippen LogP contribution is -2.14. The normalized spacial score (nSPS) is 13.8. The molecule has 194 valence electrons. The van der Waals surface area contributed by atoms with E-state index in [1.165, 1.54) is 54.8 Å². The molecule has 0 saturated carbocycles. The van der Waals surface area contributed by atoms with E-state index in [4.69, 9.17) is 4.98 Å². The lowest BCUT2D eigenvalue weighted by molar-refractivity contribution is 0.661. The molecule has 2 heterocycles. The van der Waals surface area contributed by atoms with Gasteiger partial charge in [0.2, 0.25) is 0 Å². The molecule has 9 rings (SSSR count). The first-order valence-corrected chi connectivity index (χ1v) is 14.2. The molecule has 0 spiro atoms. The van der Waals surface area contributed by atoms with Crippen LogP contribution in [0.15, 0.2) is 128 Å². The highest BCUT2D eigenvalue weighted by Crippen LogP contribution is 2.51. The molecule has 0 unspecified atom stereocenters. The van der Waals surface area contributed by atoms with Crippen molar-refractivity contribution in [3.63, 3.8) is 0 Å². The zero-order valence-corrected chi connectivity index (χ0v) is 23.0. The summed E-state index contributed by atoms with van der Waals surface area (Å²) in [5, 5.41) is 5.05. The van der Waals surface area contributed by atoms with E-state index in [-0.39, 0.29) is 5.41 Å². The van der Waals surface area contributed by atoms with Crippen molar-refractivity contribution in [2.75, 3.05) is 0 Å². The summed E-state index contributed by atoms with van der Waals surface area (Å²) in [7, 11) is 0. The maximum absolute atomic E-state index is 5.00. The number of hydrogen-bond donors (Lipinski definition) is 0. The van der Waals surface area contributed by atoms with Gasteiger partial charge in [-0.25, -0.2) is 4.98 Å². The van der Waals surface area contributed by atoms with Gasteiger partial charge in [-0.1, -0.05) is 86.6 Å². The molecule has 1 aliphatic rings. The number of imidazole rings is 1. The second kappa shape index (κ2) is 7.96. The molecule has 3 nitrogen and oxygen atoms in total. The largest absolute Gasteiger partial charge is 0.307 e. The van der Waals surface area contributed by atoms with Gasteiger partial charge < -0.3 is 4.57 Å². The van der Waals surface area contributed by atoms with Crippen molar-refractivity contribution >= 4 is 43.6 Å². The topological polar surface area (TPSA) is 22.8 Å². The van der Waals surface area contributed by atoms with Crippen molar-refractivity contribution in [3.8, 4) is 22.5 Å². The molecular weight excluding hydrogens is 498 g/mol. The third kappa shape index (κ3) is 3.01. The minimum Gasteiger partial charge on any atom is -0.307 e. The first-order chi connectivity index (χ1) is 20.1. The molecule has 3 heteroatoms. The summed E-state index contributed by atoms with van der Waals surface area (Å²) in [4.78, 5) is 5.00. The van der Waals surface area contributed by atoms with Gasteiger partial charge in [0.1, 0.15) is 11.8 Å². The lowest BCUT2D eigenvalue weighted by Gasteiger charge is -2.21. The Hall–Kier alpha value is -5.15. The van der Waals surface area contributed by atoms with Crippen molar-refractivity contribution in [1.82, 2.24) is 14.1 Å². The Balaban J connectivity index is 1.43. The molecule has 0 radical (unpaired) electrons. The maximum atomic E-state index is 5.00. The van der Waals surface area contributed by atoms with Crippen LogP contribution in [0.25, 0.3) is 66.1 Å². The van der Waals surface area contributed by atoms with E-state index >= 15 is 0 Å². The van der Waals surface area contributed by atoms with Crippen molar-refractivity contribution in [2.45, 2.75) is 19.3 Å². The molecule has 0 aliphatic heterocycles. The SMILES string of the molecule is CC1(C)c2ccccc2-c2cc3c(cc21)c1cc2ccccc2cc1n3-c1cccc2c1ncn2-c1ccccc1. The molecule has 0 saturated heterocycles. The van der Waals surface area contributed by atoms with Crippen LogP contribution in [0.4, 0.5) is 0 Å². The standard InChI is InChI=1S/C38H27N3/c1-38(2)31-16-9-8-15-27(31)28-22-36-30(21-32(28)38)29-19-24-11-6-7-12-25(24)20-35(29)41(36)34-18-10-17-33-37(34)39-23-40(33)26-13-4-3-5-14-26/h3-23H,1-2H3. The minimum absolute atomic E-state index is 0.0557. The maximum Gasteiger partial charge on any atom is 0.113 e. The second-order valence-electron chi connectivity index (χ2n) is 11.7. The quantitative estimate of drug-likeness (QED) is 0.220. The number of benzene rings is 6. The van der Waals surface area contributed by atoms with Crippen LogP contribution in [0.3, 0.4) is 0 Å². The fourth-order valence-electron chi connectivity index (χ4n) is 7.15. The van der Waals surface area contributed by atoms with Gasteiger partial charge in [-0.3, -0.25) is 4.57 Å². The number of fused-ring (bicyclic) bond motifs is 8. The third-order valence-corrected chi connectivity index (χ3v) is 9.17. The molecule has 41 heavy (non-hydrogen) atoms. The summed E-state index contributed by atoms with van der Waals surface area (Å²) in [5.74, 6) is 0. The van der Waals surface area contributed by atoms with E-state index in [0.29, 0.717) is 0 Å². The fraction of sp³-hybridized carbons (Fsp3) is 0.0789. The molecule has 0 atom stereocenters. The molecular formula is C38H27N3. The Morgan fingerprint density at radius 1 is 0.561 bits per heavy atom. The van der Waals surface area contributed by atoms with Crippen LogP contribution in [0.5, 0.6) is 0 Å². The van der Waals surface area contributed by atoms with E-state index in [1.54, 1.807) is 0 Å². The van der Waals surface area contributed by atoms with Crippen LogP contribution >= 0.6 is 0 Å². The van der Waals surface area contributed by atoms with Gasteiger partial charge in [-0.05, 0) is 81.6 Å².